The zero-order valence-corrected chi connectivity index (χ0v) is 8.93. The molecule has 3 nitrogen and oxygen atoms in total. The summed E-state index contributed by atoms with van der Waals surface area (Å²) in [6, 6.07) is 7.13. The molecule has 15 heavy (non-hydrogen) atoms. The van der Waals surface area contributed by atoms with Crippen LogP contribution in [0.25, 0.3) is 0 Å². The molecule has 1 rings (SSSR count). The van der Waals surface area contributed by atoms with Gasteiger partial charge in [-0.3, -0.25) is 0 Å². The smallest absolute Gasteiger partial charge is 0.119 e. The number of phenolic OH excluding ortho intramolecular Hbond substituents is 1. The van der Waals surface area contributed by atoms with Crippen LogP contribution in [-0.4, -0.2) is 28.0 Å². The van der Waals surface area contributed by atoms with Crippen molar-refractivity contribution in [3.8, 4) is 5.75 Å². The second kappa shape index (κ2) is 5.73. The number of aliphatic hydroxyl groups is 2. The van der Waals surface area contributed by atoms with Gasteiger partial charge in [-0.25, -0.2) is 0 Å². The van der Waals surface area contributed by atoms with Gasteiger partial charge in [0.25, 0.3) is 0 Å². The van der Waals surface area contributed by atoms with Crippen molar-refractivity contribution in [2.24, 2.45) is 0 Å². The minimum Gasteiger partial charge on any atom is -0.508 e. The van der Waals surface area contributed by atoms with Crippen LogP contribution in [0.3, 0.4) is 0 Å². The molecule has 1 aromatic rings. The summed E-state index contributed by atoms with van der Waals surface area (Å²) in [6.07, 6.45) is 0.591. The minimum atomic E-state index is -0.713. The van der Waals surface area contributed by atoms with Gasteiger partial charge in [0.05, 0.1) is 12.7 Å². The summed E-state index contributed by atoms with van der Waals surface area (Å²) >= 11 is 0. The Bertz CT molecular complexity index is 299. The van der Waals surface area contributed by atoms with E-state index in [0.29, 0.717) is 6.42 Å². The normalized spacial score (nSPS) is 14.9. The van der Waals surface area contributed by atoms with Crippen LogP contribution in [0.4, 0.5) is 0 Å². The highest BCUT2D eigenvalue weighted by Crippen LogP contribution is 2.31. The van der Waals surface area contributed by atoms with Crippen LogP contribution < -0.4 is 0 Å². The maximum absolute atomic E-state index is 9.65. The van der Waals surface area contributed by atoms with Crippen molar-refractivity contribution in [2.75, 3.05) is 6.61 Å². The fourth-order valence-corrected chi connectivity index (χ4v) is 1.75. The summed E-state index contributed by atoms with van der Waals surface area (Å²) < 4.78 is 0. The summed E-state index contributed by atoms with van der Waals surface area (Å²) in [5, 5.41) is 27.8. The third kappa shape index (κ3) is 3.22. The SMILES string of the molecule is CCC(CC(O)CO)c1ccccc1O. The fraction of sp³-hybridized carbons (Fsp3) is 0.500. The Balaban J connectivity index is 2.78. The lowest BCUT2D eigenvalue weighted by Crippen LogP contribution is -2.16. The van der Waals surface area contributed by atoms with Crippen molar-refractivity contribution in [2.45, 2.75) is 31.8 Å². The summed E-state index contributed by atoms with van der Waals surface area (Å²) in [6.45, 7) is 1.77. The molecule has 0 bridgehead atoms. The monoisotopic (exact) mass is 210 g/mol. The number of rotatable bonds is 5. The number of aromatic hydroxyl groups is 1. The van der Waals surface area contributed by atoms with Gasteiger partial charge in [0.15, 0.2) is 0 Å². The van der Waals surface area contributed by atoms with E-state index < -0.39 is 6.10 Å². The molecule has 2 atom stereocenters. The highest BCUT2D eigenvalue weighted by molar-refractivity contribution is 5.34. The van der Waals surface area contributed by atoms with E-state index in [0.717, 1.165) is 12.0 Å². The van der Waals surface area contributed by atoms with E-state index in [1.165, 1.54) is 0 Å². The number of aliphatic hydroxyl groups excluding tert-OH is 2. The van der Waals surface area contributed by atoms with Crippen LogP contribution in [0.15, 0.2) is 24.3 Å². The Kier molecular flexibility index (Phi) is 4.59. The van der Waals surface area contributed by atoms with Gasteiger partial charge in [0, 0.05) is 0 Å². The van der Waals surface area contributed by atoms with Gasteiger partial charge >= 0.3 is 0 Å². The van der Waals surface area contributed by atoms with Gasteiger partial charge in [0.2, 0.25) is 0 Å². The third-order valence-corrected chi connectivity index (χ3v) is 2.64. The molecule has 2 unspecified atom stereocenters. The number of benzene rings is 1. The molecular formula is C12H18O3. The molecule has 84 valence electrons. The van der Waals surface area contributed by atoms with Gasteiger partial charge in [-0.05, 0) is 30.4 Å². The van der Waals surface area contributed by atoms with Gasteiger partial charge in [-0.15, -0.1) is 0 Å². The van der Waals surface area contributed by atoms with Crippen molar-refractivity contribution in [3.05, 3.63) is 29.8 Å². The Hall–Kier alpha value is -1.06. The van der Waals surface area contributed by atoms with Gasteiger partial charge in [0.1, 0.15) is 5.75 Å². The largest absolute Gasteiger partial charge is 0.508 e. The first-order chi connectivity index (χ1) is 7.19. The van der Waals surface area contributed by atoms with Crippen molar-refractivity contribution in [1.29, 1.82) is 0 Å². The second-order valence-corrected chi connectivity index (χ2v) is 3.74. The first kappa shape index (κ1) is 12.0. The Morgan fingerprint density at radius 2 is 1.93 bits per heavy atom. The van der Waals surface area contributed by atoms with Crippen LogP contribution in [-0.2, 0) is 0 Å². The molecule has 3 N–H and O–H groups in total. The average Bonchev–Trinajstić information content (AvgIpc) is 2.26. The predicted molar refractivity (Wildman–Crippen MR) is 58.8 cm³/mol. The van der Waals surface area contributed by atoms with Crippen molar-refractivity contribution < 1.29 is 15.3 Å². The fourth-order valence-electron chi connectivity index (χ4n) is 1.75. The summed E-state index contributed by atoms with van der Waals surface area (Å²) in [4.78, 5) is 0. The summed E-state index contributed by atoms with van der Waals surface area (Å²) in [7, 11) is 0. The number of hydrogen-bond acceptors (Lipinski definition) is 3. The number of para-hydroxylation sites is 1. The predicted octanol–water partition coefficient (Wildman–Crippen LogP) is 1.63. The highest BCUT2D eigenvalue weighted by atomic mass is 16.3. The van der Waals surface area contributed by atoms with Crippen molar-refractivity contribution in [1.82, 2.24) is 0 Å². The van der Waals surface area contributed by atoms with Gasteiger partial charge in [-0.1, -0.05) is 25.1 Å². The van der Waals surface area contributed by atoms with Crippen LogP contribution in [0.2, 0.25) is 0 Å². The lowest BCUT2D eigenvalue weighted by molar-refractivity contribution is 0.0815. The molecule has 0 aliphatic rings. The van der Waals surface area contributed by atoms with E-state index in [4.69, 9.17) is 5.11 Å². The van der Waals surface area contributed by atoms with E-state index in [2.05, 4.69) is 0 Å². The minimum absolute atomic E-state index is 0.0911. The molecule has 0 aliphatic heterocycles. The van der Waals surface area contributed by atoms with E-state index in [1.54, 1.807) is 12.1 Å². The van der Waals surface area contributed by atoms with E-state index in [1.807, 2.05) is 19.1 Å². The lowest BCUT2D eigenvalue weighted by Gasteiger charge is -2.18. The van der Waals surface area contributed by atoms with Crippen molar-refractivity contribution in [3.63, 3.8) is 0 Å². The quantitative estimate of drug-likeness (QED) is 0.692. The topological polar surface area (TPSA) is 60.7 Å². The van der Waals surface area contributed by atoms with E-state index in [9.17, 15) is 10.2 Å². The van der Waals surface area contributed by atoms with Gasteiger partial charge in [-0.2, -0.15) is 0 Å². The molecule has 0 saturated heterocycles. The average molecular weight is 210 g/mol. The van der Waals surface area contributed by atoms with Crippen LogP contribution >= 0.6 is 0 Å². The van der Waals surface area contributed by atoms with Crippen LogP contribution in [0, 0.1) is 0 Å². The molecule has 1 aromatic carbocycles. The maximum Gasteiger partial charge on any atom is 0.119 e. The second-order valence-electron chi connectivity index (χ2n) is 3.74. The Morgan fingerprint density at radius 1 is 1.27 bits per heavy atom. The molecule has 0 heterocycles. The summed E-state index contributed by atoms with van der Waals surface area (Å²) in [5.41, 5.74) is 0.840. The Labute approximate surface area is 90.0 Å². The zero-order valence-electron chi connectivity index (χ0n) is 8.93. The molecule has 0 fully saturated rings. The Morgan fingerprint density at radius 3 is 2.47 bits per heavy atom. The van der Waals surface area contributed by atoms with Crippen LogP contribution in [0.1, 0.15) is 31.2 Å². The molecule has 0 aliphatic carbocycles. The standard InChI is InChI=1S/C12H18O3/c1-2-9(7-10(14)8-13)11-5-3-4-6-12(11)15/h3-6,9-10,13-15H,2,7-8H2,1H3. The lowest BCUT2D eigenvalue weighted by atomic mass is 9.90. The molecule has 0 saturated carbocycles. The molecule has 3 heteroatoms. The third-order valence-electron chi connectivity index (χ3n) is 2.64. The molecule has 0 aromatic heterocycles. The molecule has 0 amide bonds. The first-order valence-electron chi connectivity index (χ1n) is 5.25. The first-order valence-corrected chi connectivity index (χ1v) is 5.25. The number of phenols is 1. The van der Waals surface area contributed by atoms with Crippen LogP contribution in [0.5, 0.6) is 5.75 Å². The highest BCUT2D eigenvalue weighted by Gasteiger charge is 2.16. The molecule has 0 spiro atoms. The summed E-state index contributed by atoms with van der Waals surface area (Å²) in [5.74, 6) is 0.350. The number of hydrogen-bond donors (Lipinski definition) is 3. The van der Waals surface area contributed by atoms with E-state index >= 15 is 0 Å². The van der Waals surface area contributed by atoms with Crippen molar-refractivity contribution >= 4 is 0 Å². The zero-order chi connectivity index (χ0) is 11.3. The van der Waals surface area contributed by atoms with Gasteiger partial charge < -0.3 is 15.3 Å². The maximum atomic E-state index is 9.65. The molecule has 0 radical (unpaired) electrons. The molecular weight excluding hydrogens is 192 g/mol. The van der Waals surface area contributed by atoms with E-state index in [-0.39, 0.29) is 18.3 Å².